The predicted molar refractivity (Wildman–Crippen MR) is 95.4 cm³/mol. The first-order valence-corrected chi connectivity index (χ1v) is 8.80. The Hall–Kier alpha value is -3.30. The second kappa shape index (κ2) is 6.89. The number of alkyl halides is 6. The van der Waals surface area contributed by atoms with Crippen LogP contribution in [0.25, 0.3) is 5.69 Å². The van der Waals surface area contributed by atoms with Crippen molar-refractivity contribution in [3.8, 4) is 5.69 Å². The molecule has 2 aromatic carbocycles. The average Bonchev–Trinajstić information content (AvgIpc) is 3.31. The van der Waals surface area contributed by atoms with Gasteiger partial charge in [0.1, 0.15) is 0 Å². The molecule has 0 spiro atoms. The van der Waals surface area contributed by atoms with Crippen LogP contribution in [0.5, 0.6) is 0 Å². The Kier molecular flexibility index (Phi) is 4.59. The number of para-hydroxylation sites is 1. The van der Waals surface area contributed by atoms with E-state index in [1.54, 1.807) is 24.3 Å². The van der Waals surface area contributed by atoms with Crippen LogP contribution in [0, 0.1) is 0 Å². The van der Waals surface area contributed by atoms with E-state index >= 15 is 0 Å². The summed E-state index contributed by atoms with van der Waals surface area (Å²) in [6.07, 6.45) is -8.52. The van der Waals surface area contributed by atoms with E-state index in [0.717, 1.165) is 30.0 Å². The van der Waals surface area contributed by atoms with Gasteiger partial charge in [0.15, 0.2) is 5.69 Å². The van der Waals surface area contributed by atoms with Gasteiger partial charge in [0, 0.05) is 12.2 Å². The fourth-order valence-electron chi connectivity index (χ4n) is 3.48. The quantitative estimate of drug-likeness (QED) is 0.535. The van der Waals surface area contributed by atoms with E-state index in [4.69, 9.17) is 0 Å². The van der Waals surface area contributed by atoms with Crippen LogP contribution < -0.4 is 4.90 Å². The van der Waals surface area contributed by atoms with Crippen LogP contribution in [0.2, 0.25) is 0 Å². The van der Waals surface area contributed by atoms with Crippen molar-refractivity contribution in [3.63, 3.8) is 0 Å². The molecule has 0 N–H and O–H groups in total. The fourth-order valence-corrected chi connectivity index (χ4v) is 3.48. The molecule has 0 fully saturated rings. The molecule has 4 nitrogen and oxygen atoms in total. The number of halogens is 6. The molecule has 1 aromatic heterocycles. The van der Waals surface area contributed by atoms with Gasteiger partial charge in [0.25, 0.3) is 5.91 Å². The first-order chi connectivity index (χ1) is 14.1. The lowest BCUT2D eigenvalue weighted by atomic mass is 10.1. The van der Waals surface area contributed by atoms with Gasteiger partial charge < -0.3 is 4.90 Å². The van der Waals surface area contributed by atoms with Gasteiger partial charge in [-0.25, -0.2) is 4.68 Å². The number of aromatic nitrogens is 2. The molecule has 1 amide bonds. The first-order valence-electron chi connectivity index (χ1n) is 8.80. The molecule has 0 bridgehead atoms. The zero-order valence-corrected chi connectivity index (χ0v) is 15.1. The highest BCUT2D eigenvalue weighted by Crippen LogP contribution is 2.37. The highest BCUT2D eigenvalue weighted by Gasteiger charge is 2.42. The van der Waals surface area contributed by atoms with Crippen molar-refractivity contribution in [2.24, 2.45) is 0 Å². The number of benzene rings is 2. The Balaban J connectivity index is 1.81. The third-order valence-corrected chi connectivity index (χ3v) is 4.82. The zero-order valence-electron chi connectivity index (χ0n) is 15.1. The summed E-state index contributed by atoms with van der Waals surface area (Å²) in [5.74, 6) is -0.912. The standard InChI is InChI=1S/C20H13F6N3O/c21-19(22,23)13-5-3-6-14(10-13)29-17(20(24,25)26)15(11-27-29)18(30)28-9-8-12-4-1-2-7-16(12)28/h1-7,10-11H,8-9H2. The molecule has 2 heterocycles. The molecule has 4 rings (SSSR count). The number of fused-ring (bicyclic) bond motifs is 1. The van der Waals surface area contributed by atoms with E-state index in [2.05, 4.69) is 5.10 Å². The Labute approximate surface area is 166 Å². The van der Waals surface area contributed by atoms with Crippen LogP contribution in [-0.4, -0.2) is 22.2 Å². The number of hydrogen-bond acceptors (Lipinski definition) is 2. The largest absolute Gasteiger partial charge is 0.434 e. The lowest BCUT2D eigenvalue weighted by Crippen LogP contribution is -2.31. The monoisotopic (exact) mass is 425 g/mol. The van der Waals surface area contributed by atoms with E-state index in [-0.39, 0.29) is 6.54 Å². The molecule has 0 radical (unpaired) electrons. The molecule has 0 atom stereocenters. The van der Waals surface area contributed by atoms with Crippen LogP contribution >= 0.6 is 0 Å². The number of hydrogen-bond donors (Lipinski definition) is 0. The van der Waals surface area contributed by atoms with Gasteiger partial charge in [-0.05, 0) is 36.2 Å². The lowest BCUT2D eigenvalue weighted by Gasteiger charge is -2.19. The summed E-state index contributed by atoms with van der Waals surface area (Å²) in [4.78, 5) is 14.2. The van der Waals surface area contributed by atoms with Crippen molar-refractivity contribution in [2.45, 2.75) is 18.8 Å². The molecule has 1 aliphatic heterocycles. The minimum absolute atomic E-state index is 0.199. The zero-order chi connectivity index (χ0) is 21.7. The Morgan fingerprint density at radius 3 is 2.37 bits per heavy atom. The van der Waals surface area contributed by atoms with Crippen LogP contribution in [-0.2, 0) is 18.8 Å². The second-order valence-corrected chi connectivity index (χ2v) is 6.70. The molecule has 1 aliphatic rings. The highest BCUT2D eigenvalue weighted by atomic mass is 19.4. The number of rotatable bonds is 2. The predicted octanol–water partition coefficient (Wildman–Crippen LogP) is 5.11. The topological polar surface area (TPSA) is 38.1 Å². The average molecular weight is 425 g/mol. The summed E-state index contributed by atoms with van der Waals surface area (Å²) < 4.78 is 80.8. The van der Waals surface area contributed by atoms with E-state index < -0.39 is 40.8 Å². The smallest absolute Gasteiger partial charge is 0.308 e. The van der Waals surface area contributed by atoms with Crippen molar-refractivity contribution >= 4 is 11.6 Å². The van der Waals surface area contributed by atoms with Gasteiger partial charge in [-0.2, -0.15) is 31.4 Å². The Bertz CT molecular complexity index is 1120. The summed E-state index contributed by atoms with van der Waals surface area (Å²) in [7, 11) is 0. The normalized spacial score (nSPS) is 14.1. The summed E-state index contributed by atoms with van der Waals surface area (Å²) in [5, 5.41) is 3.61. The molecule has 0 saturated carbocycles. The van der Waals surface area contributed by atoms with Crippen molar-refractivity contribution < 1.29 is 31.1 Å². The van der Waals surface area contributed by atoms with Gasteiger partial charge in [-0.15, -0.1) is 0 Å². The lowest BCUT2D eigenvalue weighted by molar-refractivity contribution is -0.143. The summed E-state index contributed by atoms with van der Waals surface area (Å²) in [6, 6.07) is 10.2. The SMILES string of the molecule is O=C(c1cnn(-c2cccc(C(F)(F)F)c2)c1C(F)(F)F)N1CCc2ccccc21. The van der Waals surface area contributed by atoms with Gasteiger partial charge >= 0.3 is 12.4 Å². The van der Waals surface area contributed by atoms with E-state index in [1.165, 1.54) is 4.90 Å². The minimum atomic E-state index is -5.02. The summed E-state index contributed by atoms with van der Waals surface area (Å²) in [5.41, 5.74) is -2.39. The van der Waals surface area contributed by atoms with Gasteiger partial charge in [-0.1, -0.05) is 24.3 Å². The first kappa shape index (κ1) is 20.0. The van der Waals surface area contributed by atoms with Gasteiger partial charge in [-0.3, -0.25) is 4.79 Å². The van der Waals surface area contributed by atoms with Crippen molar-refractivity contribution in [2.75, 3.05) is 11.4 Å². The third kappa shape index (κ3) is 3.42. The molecule has 3 aromatic rings. The van der Waals surface area contributed by atoms with Crippen LogP contribution in [0.1, 0.15) is 27.2 Å². The van der Waals surface area contributed by atoms with E-state index in [9.17, 15) is 31.1 Å². The van der Waals surface area contributed by atoms with Crippen molar-refractivity contribution in [1.82, 2.24) is 9.78 Å². The van der Waals surface area contributed by atoms with E-state index in [1.807, 2.05) is 0 Å². The van der Waals surface area contributed by atoms with Crippen molar-refractivity contribution in [3.05, 3.63) is 77.1 Å². The van der Waals surface area contributed by atoms with E-state index in [0.29, 0.717) is 22.9 Å². The Morgan fingerprint density at radius 1 is 0.933 bits per heavy atom. The molecule has 30 heavy (non-hydrogen) atoms. The van der Waals surface area contributed by atoms with Crippen LogP contribution in [0.15, 0.2) is 54.7 Å². The molecule has 0 unspecified atom stereocenters. The number of carbonyl (C=O) groups excluding carboxylic acids is 1. The van der Waals surface area contributed by atoms with Crippen LogP contribution in [0.3, 0.4) is 0 Å². The van der Waals surface area contributed by atoms with Gasteiger partial charge in [0.2, 0.25) is 0 Å². The molecule has 0 aliphatic carbocycles. The molecular weight excluding hydrogens is 412 g/mol. The second-order valence-electron chi connectivity index (χ2n) is 6.70. The number of anilines is 1. The molecule has 10 heteroatoms. The number of amides is 1. The van der Waals surface area contributed by atoms with Crippen LogP contribution in [0.4, 0.5) is 32.0 Å². The number of carbonyl (C=O) groups is 1. The third-order valence-electron chi connectivity index (χ3n) is 4.82. The molecular formula is C20H13F6N3O. The van der Waals surface area contributed by atoms with Gasteiger partial charge in [0.05, 0.1) is 23.0 Å². The maximum atomic E-state index is 13.9. The number of nitrogens with zero attached hydrogens (tertiary/aromatic N) is 3. The maximum absolute atomic E-state index is 13.9. The molecule has 156 valence electrons. The minimum Gasteiger partial charge on any atom is -0.308 e. The van der Waals surface area contributed by atoms with Crippen molar-refractivity contribution in [1.29, 1.82) is 0 Å². The maximum Gasteiger partial charge on any atom is 0.434 e. The summed E-state index contributed by atoms with van der Waals surface area (Å²) in [6.45, 7) is 0.199. The fraction of sp³-hybridized carbons (Fsp3) is 0.200. The Morgan fingerprint density at radius 2 is 1.67 bits per heavy atom. The molecule has 0 saturated heterocycles. The summed E-state index contributed by atoms with van der Waals surface area (Å²) >= 11 is 0. The highest BCUT2D eigenvalue weighted by molar-refractivity contribution is 6.08.